The van der Waals surface area contributed by atoms with Gasteiger partial charge in [-0.05, 0) is 30.2 Å². The van der Waals surface area contributed by atoms with Crippen LogP contribution in [0, 0.1) is 11.3 Å². The SMILES string of the molecule is CCC[C@@H](NC(=O)COc1cccc(C#N)c1)c1ccccc1. The molecular weight excluding hydrogens is 288 g/mol. The van der Waals surface area contributed by atoms with Gasteiger partial charge in [-0.3, -0.25) is 4.79 Å². The smallest absolute Gasteiger partial charge is 0.258 e. The molecule has 0 fully saturated rings. The monoisotopic (exact) mass is 308 g/mol. The molecule has 2 rings (SSSR count). The van der Waals surface area contributed by atoms with Gasteiger partial charge in [0.2, 0.25) is 0 Å². The van der Waals surface area contributed by atoms with Gasteiger partial charge in [0.05, 0.1) is 17.7 Å². The summed E-state index contributed by atoms with van der Waals surface area (Å²) in [5, 5.41) is 11.9. The van der Waals surface area contributed by atoms with Crippen LogP contribution in [0.5, 0.6) is 5.75 Å². The maximum atomic E-state index is 12.1. The topological polar surface area (TPSA) is 62.1 Å². The van der Waals surface area contributed by atoms with Gasteiger partial charge in [0, 0.05) is 0 Å². The summed E-state index contributed by atoms with van der Waals surface area (Å²) in [4.78, 5) is 12.1. The van der Waals surface area contributed by atoms with Crippen molar-refractivity contribution in [2.24, 2.45) is 0 Å². The molecule has 0 bridgehead atoms. The molecule has 118 valence electrons. The molecule has 0 saturated carbocycles. The Morgan fingerprint density at radius 2 is 2.00 bits per heavy atom. The molecule has 2 aromatic rings. The average Bonchev–Trinajstić information content (AvgIpc) is 2.60. The molecule has 0 radical (unpaired) electrons. The molecule has 4 nitrogen and oxygen atoms in total. The van der Waals surface area contributed by atoms with Crippen LogP contribution in [0.15, 0.2) is 54.6 Å². The lowest BCUT2D eigenvalue weighted by molar-refractivity contribution is -0.123. The van der Waals surface area contributed by atoms with Crippen LogP contribution < -0.4 is 10.1 Å². The molecule has 2 aromatic carbocycles. The van der Waals surface area contributed by atoms with Crippen molar-refractivity contribution >= 4 is 5.91 Å². The number of rotatable bonds is 7. The molecule has 1 amide bonds. The summed E-state index contributed by atoms with van der Waals surface area (Å²) in [6.45, 7) is 2.02. The third-order valence-electron chi connectivity index (χ3n) is 3.45. The van der Waals surface area contributed by atoms with Gasteiger partial charge in [0.1, 0.15) is 5.75 Å². The predicted octanol–water partition coefficient (Wildman–Crippen LogP) is 3.59. The fraction of sp³-hybridized carbons (Fsp3) is 0.263. The highest BCUT2D eigenvalue weighted by Gasteiger charge is 2.13. The second-order valence-electron chi connectivity index (χ2n) is 5.25. The lowest BCUT2D eigenvalue weighted by Gasteiger charge is -2.18. The van der Waals surface area contributed by atoms with Crippen LogP contribution in [0.3, 0.4) is 0 Å². The maximum Gasteiger partial charge on any atom is 0.258 e. The van der Waals surface area contributed by atoms with E-state index in [9.17, 15) is 4.79 Å². The van der Waals surface area contributed by atoms with E-state index < -0.39 is 0 Å². The van der Waals surface area contributed by atoms with Gasteiger partial charge < -0.3 is 10.1 Å². The maximum absolute atomic E-state index is 12.1. The van der Waals surface area contributed by atoms with Crippen molar-refractivity contribution in [1.29, 1.82) is 5.26 Å². The van der Waals surface area contributed by atoms with E-state index >= 15 is 0 Å². The van der Waals surface area contributed by atoms with Gasteiger partial charge in [-0.15, -0.1) is 0 Å². The summed E-state index contributed by atoms with van der Waals surface area (Å²) in [6, 6.07) is 18.7. The Balaban J connectivity index is 1.93. The second-order valence-corrected chi connectivity index (χ2v) is 5.25. The number of amides is 1. The zero-order valence-electron chi connectivity index (χ0n) is 13.2. The number of hydrogen-bond acceptors (Lipinski definition) is 3. The van der Waals surface area contributed by atoms with Crippen molar-refractivity contribution in [3.05, 3.63) is 65.7 Å². The third kappa shape index (κ3) is 5.15. The van der Waals surface area contributed by atoms with Crippen molar-refractivity contribution < 1.29 is 9.53 Å². The zero-order chi connectivity index (χ0) is 16.5. The molecule has 0 aliphatic carbocycles. The highest BCUT2D eigenvalue weighted by atomic mass is 16.5. The number of benzene rings is 2. The van der Waals surface area contributed by atoms with Crippen LogP contribution in [0.4, 0.5) is 0 Å². The van der Waals surface area contributed by atoms with Gasteiger partial charge in [-0.2, -0.15) is 5.26 Å². The van der Waals surface area contributed by atoms with Gasteiger partial charge in [-0.25, -0.2) is 0 Å². The minimum atomic E-state index is -0.172. The minimum absolute atomic E-state index is 0.0113. The summed E-state index contributed by atoms with van der Waals surface area (Å²) in [5.41, 5.74) is 1.60. The van der Waals surface area contributed by atoms with Crippen LogP contribution in [0.1, 0.15) is 36.9 Å². The Labute approximate surface area is 136 Å². The van der Waals surface area contributed by atoms with Gasteiger partial charge in [0.25, 0.3) is 5.91 Å². The Morgan fingerprint density at radius 1 is 1.22 bits per heavy atom. The van der Waals surface area contributed by atoms with Crippen LogP contribution in [0.25, 0.3) is 0 Å². The van der Waals surface area contributed by atoms with Gasteiger partial charge in [-0.1, -0.05) is 49.7 Å². The normalized spacial score (nSPS) is 11.3. The summed E-state index contributed by atoms with van der Waals surface area (Å²) in [5.74, 6) is 0.348. The number of nitrogens with zero attached hydrogens (tertiary/aromatic N) is 1. The third-order valence-corrected chi connectivity index (χ3v) is 3.45. The summed E-state index contributed by atoms with van der Waals surface area (Å²) < 4.78 is 5.46. The molecular formula is C19H20N2O2. The fourth-order valence-corrected chi connectivity index (χ4v) is 2.34. The quantitative estimate of drug-likeness (QED) is 0.850. The molecule has 23 heavy (non-hydrogen) atoms. The van der Waals surface area contributed by atoms with Crippen LogP contribution in [0.2, 0.25) is 0 Å². The molecule has 0 aliphatic heterocycles. The molecule has 0 heterocycles. The van der Waals surface area contributed by atoms with Crippen molar-refractivity contribution in [2.75, 3.05) is 6.61 Å². The van der Waals surface area contributed by atoms with Gasteiger partial charge in [0.15, 0.2) is 6.61 Å². The molecule has 1 atom stereocenters. The molecule has 4 heteroatoms. The number of nitrogens with one attached hydrogen (secondary N) is 1. The van der Waals surface area contributed by atoms with Crippen LogP contribution in [-0.2, 0) is 4.79 Å². The first-order valence-electron chi connectivity index (χ1n) is 7.70. The second kappa shape index (κ2) is 8.60. The Morgan fingerprint density at radius 3 is 2.70 bits per heavy atom. The van der Waals surface area contributed by atoms with Crippen molar-refractivity contribution in [3.8, 4) is 11.8 Å². The van der Waals surface area contributed by atoms with E-state index in [1.807, 2.05) is 36.4 Å². The standard InChI is InChI=1S/C19H20N2O2/c1-2-7-18(16-9-4-3-5-10-16)21-19(22)14-23-17-11-6-8-15(12-17)13-20/h3-6,8-12,18H,2,7,14H2,1H3,(H,21,22)/t18-/m1/s1. The van der Waals surface area contributed by atoms with Crippen LogP contribution >= 0.6 is 0 Å². The van der Waals surface area contributed by atoms with E-state index in [0.29, 0.717) is 11.3 Å². The highest BCUT2D eigenvalue weighted by Crippen LogP contribution is 2.18. The Bertz CT molecular complexity index is 677. The first-order valence-corrected chi connectivity index (χ1v) is 7.70. The lowest BCUT2D eigenvalue weighted by Crippen LogP contribution is -2.32. The van der Waals surface area contributed by atoms with E-state index in [4.69, 9.17) is 10.00 Å². The van der Waals surface area contributed by atoms with E-state index in [-0.39, 0.29) is 18.6 Å². The molecule has 0 spiro atoms. The van der Waals surface area contributed by atoms with E-state index in [0.717, 1.165) is 18.4 Å². The van der Waals surface area contributed by atoms with Gasteiger partial charge >= 0.3 is 0 Å². The molecule has 0 aliphatic rings. The molecule has 0 unspecified atom stereocenters. The molecule has 1 N–H and O–H groups in total. The average molecular weight is 308 g/mol. The molecule has 0 aromatic heterocycles. The zero-order valence-corrected chi connectivity index (χ0v) is 13.2. The van der Waals surface area contributed by atoms with E-state index in [1.54, 1.807) is 24.3 Å². The van der Waals surface area contributed by atoms with Crippen molar-refractivity contribution in [2.45, 2.75) is 25.8 Å². The number of hydrogen-bond donors (Lipinski definition) is 1. The first-order chi connectivity index (χ1) is 11.2. The summed E-state index contributed by atoms with van der Waals surface area (Å²) in [7, 11) is 0. The van der Waals surface area contributed by atoms with Crippen LogP contribution in [-0.4, -0.2) is 12.5 Å². The van der Waals surface area contributed by atoms with E-state index in [1.165, 1.54) is 0 Å². The molecule has 0 saturated heterocycles. The number of carbonyl (C=O) groups is 1. The predicted molar refractivity (Wildman–Crippen MR) is 88.9 cm³/mol. The number of nitriles is 1. The Kier molecular flexibility index (Phi) is 6.19. The lowest BCUT2D eigenvalue weighted by atomic mass is 10.0. The number of ether oxygens (including phenoxy) is 1. The van der Waals surface area contributed by atoms with Crippen molar-refractivity contribution in [1.82, 2.24) is 5.32 Å². The first kappa shape index (κ1) is 16.6. The van der Waals surface area contributed by atoms with Crippen molar-refractivity contribution in [3.63, 3.8) is 0 Å². The highest BCUT2D eigenvalue weighted by molar-refractivity contribution is 5.78. The number of carbonyl (C=O) groups excluding carboxylic acids is 1. The largest absolute Gasteiger partial charge is 0.484 e. The summed E-state index contributed by atoms with van der Waals surface area (Å²) in [6.07, 6.45) is 1.85. The fourth-order valence-electron chi connectivity index (χ4n) is 2.34. The minimum Gasteiger partial charge on any atom is -0.484 e. The summed E-state index contributed by atoms with van der Waals surface area (Å²) >= 11 is 0. The van der Waals surface area contributed by atoms with E-state index in [2.05, 4.69) is 12.2 Å². The Hall–Kier alpha value is -2.80.